The molecule has 4 heteroatoms. The van der Waals surface area contributed by atoms with E-state index in [0.717, 1.165) is 12.8 Å². The van der Waals surface area contributed by atoms with Crippen molar-refractivity contribution in [2.45, 2.75) is 43.7 Å². The lowest BCUT2D eigenvalue weighted by Gasteiger charge is -2.34. The minimum Gasteiger partial charge on any atom is -0.469 e. The minimum atomic E-state index is -0.926. The van der Waals surface area contributed by atoms with Crippen LogP contribution in [0.15, 0.2) is 0 Å². The molecule has 0 amide bonds. The Hall–Kier alpha value is -0.610. The summed E-state index contributed by atoms with van der Waals surface area (Å²) in [4.78, 5) is 11.0. The Morgan fingerprint density at radius 3 is 3.00 bits per heavy atom. The smallest absolute Gasteiger partial charge is 0.308 e. The fourth-order valence-corrected chi connectivity index (χ4v) is 1.89. The second kappa shape index (κ2) is 4.07. The monoisotopic (exact) mass is 187 g/mol. The number of esters is 1. The third kappa shape index (κ3) is 2.97. The van der Waals surface area contributed by atoms with Crippen LogP contribution in [-0.2, 0) is 9.53 Å². The van der Waals surface area contributed by atoms with Crippen molar-refractivity contribution >= 4 is 5.97 Å². The topological polar surface area (TPSA) is 72.5 Å². The second-order valence-electron chi connectivity index (χ2n) is 3.83. The normalized spacial score (nSPS) is 34.2. The van der Waals surface area contributed by atoms with Gasteiger partial charge in [-0.15, -0.1) is 0 Å². The molecular formula is C9H17NO3. The molecule has 1 fully saturated rings. The molecule has 0 aromatic rings. The van der Waals surface area contributed by atoms with Crippen molar-refractivity contribution in [1.82, 2.24) is 0 Å². The Bertz CT molecular complexity index is 195. The van der Waals surface area contributed by atoms with Gasteiger partial charge >= 0.3 is 5.97 Å². The van der Waals surface area contributed by atoms with Crippen LogP contribution in [0.1, 0.15) is 32.1 Å². The molecule has 0 heterocycles. The van der Waals surface area contributed by atoms with Gasteiger partial charge in [0, 0.05) is 6.04 Å². The highest BCUT2D eigenvalue weighted by atomic mass is 16.5. The van der Waals surface area contributed by atoms with Gasteiger partial charge in [-0.2, -0.15) is 0 Å². The van der Waals surface area contributed by atoms with E-state index >= 15 is 0 Å². The van der Waals surface area contributed by atoms with E-state index < -0.39 is 5.60 Å². The number of carbonyl (C=O) groups excluding carboxylic acids is 1. The molecule has 1 rings (SSSR count). The van der Waals surface area contributed by atoms with Crippen molar-refractivity contribution in [1.29, 1.82) is 0 Å². The van der Waals surface area contributed by atoms with Gasteiger partial charge in [0.15, 0.2) is 0 Å². The molecule has 2 atom stereocenters. The van der Waals surface area contributed by atoms with Crippen molar-refractivity contribution in [3.05, 3.63) is 0 Å². The number of rotatable bonds is 2. The molecule has 0 aromatic heterocycles. The predicted octanol–water partition coefficient (Wildman–Crippen LogP) is 0.182. The Morgan fingerprint density at radius 1 is 1.77 bits per heavy atom. The van der Waals surface area contributed by atoms with E-state index in [-0.39, 0.29) is 18.4 Å². The predicted molar refractivity (Wildman–Crippen MR) is 48.0 cm³/mol. The van der Waals surface area contributed by atoms with Gasteiger partial charge < -0.3 is 15.6 Å². The van der Waals surface area contributed by atoms with Gasteiger partial charge in [-0.1, -0.05) is 0 Å². The van der Waals surface area contributed by atoms with Crippen LogP contribution < -0.4 is 5.73 Å². The first-order chi connectivity index (χ1) is 6.06. The molecule has 0 spiro atoms. The molecular weight excluding hydrogens is 170 g/mol. The summed E-state index contributed by atoms with van der Waals surface area (Å²) in [6.45, 7) is 0. The number of hydrogen-bond donors (Lipinski definition) is 2. The van der Waals surface area contributed by atoms with Gasteiger partial charge in [-0.05, 0) is 25.7 Å². The van der Waals surface area contributed by atoms with E-state index in [2.05, 4.69) is 4.74 Å². The van der Waals surface area contributed by atoms with Crippen LogP contribution in [0.2, 0.25) is 0 Å². The third-order valence-corrected chi connectivity index (χ3v) is 2.56. The molecule has 3 N–H and O–H groups in total. The maximum Gasteiger partial charge on any atom is 0.308 e. The highest BCUT2D eigenvalue weighted by Gasteiger charge is 2.35. The molecule has 76 valence electrons. The zero-order valence-electron chi connectivity index (χ0n) is 7.95. The third-order valence-electron chi connectivity index (χ3n) is 2.56. The highest BCUT2D eigenvalue weighted by Crippen LogP contribution is 2.30. The molecule has 0 radical (unpaired) electrons. The summed E-state index contributed by atoms with van der Waals surface area (Å²) in [6.07, 6.45) is 3.03. The summed E-state index contributed by atoms with van der Waals surface area (Å²) < 4.78 is 4.51. The molecule has 0 aliphatic heterocycles. The first-order valence-corrected chi connectivity index (χ1v) is 4.60. The number of carbonyl (C=O) groups is 1. The van der Waals surface area contributed by atoms with Gasteiger partial charge in [-0.3, -0.25) is 4.79 Å². The maximum absolute atomic E-state index is 11.0. The second-order valence-corrected chi connectivity index (χ2v) is 3.83. The van der Waals surface area contributed by atoms with Gasteiger partial charge in [0.05, 0.1) is 19.1 Å². The van der Waals surface area contributed by atoms with Crippen LogP contribution in [0.3, 0.4) is 0 Å². The molecule has 2 unspecified atom stereocenters. The maximum atomic E-state index is 11.0. The van der Waals surface area contributed by atoms with Crippen LogP contribution >= 0.6 is 0 Å². The van der Waals surface area contributed by atoms with Gasteiger partial charge in [0.1, 0.15) is 0 Å². The summed E-state index contributed by atoms with van der Waals surface area (Å²) in [5.74, 6) is -0.364. The van der Waals surface area contributed by atoms with Crippen molar-refractivity contribution in [2.75, 3.05) is 7.11 Å². The van der Waals surface area contributed by atoms with Crippen molar-refractivity contribution in [2.24, 2.45) is 5.73 Å². The molecule has 13 heavy (non-hydrogen) atoms. The van der Waals surface area contributed by atoms with Gasteiger partial charge in [0.25, 0.3) is 0 Å². The summed E-state index contributed by atoms with van der Waals surface area (Å²) in [5, 5.41) is 9.96. The minimum absolute atomic E-state index is 0.0170. The number of aliphatic hydroxyl groups is 1. The van der Waals surface area contributed by atoms with Crippen molar-refractivity contribution in [3.8, 4) is 0 Å². The summed E-state index contributed by atoms with van der Waals surface area (Å²) >= 11 is 0. The Labute approximate surface area is 78.1 Å². The number of methoxy groups -OCH3 is 1. The van der Waals surface area contributed by atoms with E-state index in [4.69, 9.17) is 5.73 Å². The number of ether oxygens (including phenoxy) is 1. The Kier molecular flexibility index (Phi) is 3.27. The molecule has 4 nitrogen and oxygen atoms in total. The Morgan fingerprint density at radius 2 is 2.46 bits per heavy atom. The van der Waals surface area contributed by atoms with Crippen LogP contribution in [0, 0.1) is 0 Å². The summed E-state index contributed by atoms with van der Waals surface area (Å²) in [7, 11) is 1.33. The Balaban J connectivity index is 2.49. The molecule has 1 aliphatic rings. The van der Waals surface area contributed by atoms with Crippen molar-refractivity contribution in [3.63, 3.8) is 0 Å². The van der Waals surface area contributed by atoms with Gasteiger partial charge in [-0.25, -0.2) is 0 Å². The van der Waals surface area contributed by atoms with Crippen LogP contribution in [-0.4, -0.2) is 29.8 Å². The molecule has 0 saturated heterocycles. The average molecular weight is 187 g/mol. The highest BCUT2D eigenvalue weighted by molar-refractivity contribution is 5.70. The van der Waals surface area contributed by atoms with E-state index in [0.29, 0.717) is 12.8 Å². The number of nitrogens with two attached hydrogens (primary N) is 1. The van der Waals surface area contributed by atoms with E-state index in [9.17, 15) is 9.90 Å². The average Bonchev–Trinajstić information content (AvgIpc) is 2.02. The molecule has 0 aromatic carbocycles. The van der Waals surface area contributed by atoms with E-state index in [1.165, 1.54) is 7.11 Å². The lowest BCUT2D eigenvalue weighted by molar-refractivity contribution is -0.147. The largest absolute Gasteiger partial charge is 0.469 e. The fraction of sp³-hybridized carbons (Fsp3) is 0.889. The van der Waals surface area contributed by atoms with Crippen LogP contribution in [0.4, 0.5) is 0 Å². The zero-order chi connectivity index (χ0) is 9.90. The molecule has 1 saturated carbocycles. The lowest BCUT2D eigenvalue weighted by Crippen LogP contribution is -2.42. The zero-order valence-corrected chi connectivity index (χ0v) is 7.95. The standard InChI is InChI=1S/C9H17NO3/c1-13-8(11)6-9(12)4-2-3-7(10)5-9/h7,12H,2-6,10H2,1H3. The van der Waals surface area contributed by atoms with E-state index in [1.807, 2.05) is 0 Å². The first-order valence-electron chi connectivity index (χ1n) is 4.60. The lowest BCUT2D eigenvalue weighted by atomic mass is 9.80. The molecule has 0 bridgehead atoms. The van der Waals surface area contributed by atoms with Crippen LogP contribution in [0.5, 0.6) is 0 Å². The number of hydrogen-bond acceptors (Lipinski definition) is 4. The summed E-state index contributed by atoms with van der Waals surface area (Å²) in [5.41, 5.74) is 4.79. The summed E-state index contributed by atoms with van der Waals surface area (Å²) in [6, 6.07) is 0.0170. The van der Waals surface area contributed by atoms with Crippen molar-refractivity contribution < 1.29 is 14.6 Å². The first kappa shape index (κ1) is 10.5. The quantitative estimate of drug-likeness (QED) is 0.605. The molecule has 1 aliphatic carbocycles. The van der Waals surface area contributed by atoms with E-state index in [1.54, 1.807) is 0 Å². The van der Waals surface area contributed by atoms with Gasteiger partial charge in [0.2, 0.25) is 0 Å². The SMILES string of the molecule is COC(=O)CC1(O)CCCC(N)C1. The van der Waals surface area contributed by atoms with Crippen LogP contribution in [0.25, 0.3) is 0 Å². The fourth-order valence-electron chi connectivity index (χ4n) is 1.89.